The Bertz CT molecular complexity index is 897. The zero-order chi connectivity index (χ0) is 16.2. The third-order valence-corrected chi connectivity index (χ3v) is 3.68. The Labute approximate surface area is 133 Å². The Hall–Kier alpha value is -2.88. The molecule has 4 nitrogen and oxygen atoms in total. The smallest absolute Gasteiger partial charge is 0.343 e. The summed E-state index contributed by atoms with van der Waals surface area (Å²) in [5.74, 6) is -0.579. The number of carbonyl (C=O) groups excluding carboxylic acids is 1. The number of hydrogen-bond acceptors (Lipinski definition) is 3. The second kappa shape index (κ2) is 6.48. The van der Waals surface area contributed by atoms with E-state index in [4.69, 9.17) is 4.74 Å². The monoisotopic (exact) mass is 307 g/mol. The maximum Gasteiger partial charge on any atom is 0.343 e. The fourth-order valence-corrected chi connectivity index (χ4v) is 2.61. The van der Waals surface area contributed by atoms with Gasteiger partial charge in [-0.1, -0.05) is 48.5 Å². The molecule has 0 N–H and O–H groups in total. The summed E-state index contributed by atoms with van der Waals surface area (Å²) in [4.78, 5) is 24.8. The van der Waals surface area contributed by atoms with Crippen LogP contribution in [0.4, 0.5) is 0 Å². The first-order valence-corrected chi connectivity index (χ1v) is 7.54. The molecule has 4 heteroatoms. The molecule has 0 saturated heterocycles. The molecule has 0 aliphatic rings. The van der Waals surface area contributed by atoms with E-state index in [0.717, 1.165) is 16.5 Å². The molecule has 0 unspecified atom stereocenters. The molecule has 0 radical (unpaired) electrons. The Morgan fingerprint density at radius 2 is 1.74 bits per heavy atom. The van der Waals surface area contributed by atoms with Gasteiger partial charge in [0.15, 0.2) is 0 Å². The van der Waals surface area contributed by atoms with Crippen LogP contribution in [0.3, 0.4) is 0 Å². The molecule has 0 spiro atoms. The first-order chi connectivity index (χ1) is 11.2. The minimum Gasteiger partial charge on any atom is -0.462 e. The van der Waals surface area contributed by atoms with Gasteiger partial charge in [0.25, 0.3) is 5.56 Å². The normalized spacial score (nSPS) is 10.7. The number of fused-ring (bicyclic) bond motifs is 1. The lowest BCUT2D eigenvalue weighted by molar-refractivity contribution is 0.0524. The van der Waals surface area contributed by atoms with Crippen molar-refractivity contribution in [1.29, 1.82) is 0 Å². The number of pyridine rings is 1. The number of aromatic nitrogens is 1. The summed E-state index contributed by atoms with van der Waals surface area (Å²) < 4.78 is 6.63. The average Bonchev–Trinajstić information content (AvgIpc) is 2.58. The Kier molecular flexibility index (Phi) is 4.24. The van der Waals surface area contributed by atoms with Gasteiger partial charge in [-0.3, -0.25) is 4.79 Å². The van der Waals surface area contributed by atoms with Gasteiger partial charge in [-0.2, -0.15) is 0 Å². The standard InChI is InChI=1S/C19H17NO3/c1-2-23-19(22)16-12-15-10-6-7-11-17(15)20(18(16)21)13-14-8-4-3-5-9-14/h3-12H,2,13H2,1H3. The van der Waals surface area contributed by atoms with E-state index in [1.165, 1.54) is 0 Å². The van der Waals surface area contributed by atoms with Gasteiger partial charge in [0.05, 0.1) is 18.7 Å². The number of benzene rings is 2. The number of carbonyl (C=O) groups is 1. The SMILES string of the molecule is CCOC(=O)c1cc2ccccc2n(Cc2ccccc2)c1=O. The summed E-state index contributed by atoms with van der Waals surface area (Å²) in [5, 5.41) is 0.839. The number of ether oxygens (including phenoxy) is 1. The van der Waals surface area contributed by atoms with Gasteiger partial charge in [-0.15, -0.1) is 0 Å². The van der Waals surface area contributed by atoms with E-state index in [-0.39, 0.29) is 17.7 Å². The molecule has 1 aromatic heterocycles. The number of para-hydroxylation sites is 1. The Morgan fingerprint density at radius 3 is 2.48 bits per heavy atom. The van der Waals surface area contributed by atoms with Crippen molar-refractivity contribution in [2.45, 2.75) is 13.5 Å². The number of esters is 1. The minimum absolute atomic E-state index is 0.0708. The summed E-state index contributed by atoms with van der Waals surface area (Å²) in [6.45, 7) is 2.37. The van der Waals surface area contributed by atoms with Gasteiger partial charge in [0.1, 0.15) is 5.56 Å². The largest absolute Gasteiger partial charge is 0.462 e. The van der Waals surface area contributed by atoms with Crippen LogP contribution in [0.1, 0.15) is 22.8 Å². The Balaban J connectivity index is 2.19. The molecular weight excluding hydrogens is 290 g/mol. The maximum absolute atomic E-state index is 12.8. The maximum atomic E-state index is 12.8. The number of hydrogen-bond donors (Lipinski definition) is 0. The molecule has 0 aliphatic heterocycles. The van der Waals surface area contributed by atoms with Crippen LogP contribution in [0, 0.1) is 0 Å². The molecule has 1 heterocycles. The average molecular weight is 307 g/mol. The molecule has 0 amide bonds. The summed E-state index contributed by atoms with van der Waals surface area (Å²) in [5.41, 5.74) is 1.54. The molecule has 3 aromatic rings. The van der Waals surface area contributed by atoms with Crippen molar-refractivity contribution in [2.24, 2.45) is 0 Å². The molecule has 116 valence electrons. The van der Waals surface area contributed by atoms with Gasteiger partial charge in [0, 0.05) is 0 Å². The lowest BCUT2D eigenvalue weighted by Gasteiger charge is -2.12. The van der Waals surface area contributed by atoms with Gasteiger partial charge >= 0.3 is 5.97 Å². The first-order valence-electron chi connectivity index (χ1n) is 7.54. The van der Waals surface area contributed by atoms with Crippen molar-refractivity contribution >= 4 is 16.9 Å². The molecule has 3 rings (SSSR count). The minimum atomic E-state index is -0.579. The van der Waals surface area contributed by atoms with Crippen LogP contribution in [0.2, 0.25) is 0 Å². The van der Waals surface area contributed by atoms with Crippen molar-refractivity contribution in [3.8, 4) is 0 Å². The molecule has 0 aliphatic carbocycles. The number of nitrogens with zero attached hydrogens (tertiary/aromatic N) is 1. The van der Waals surface area contributed by atoms with Crippen molar-refractivity contribution in [1.82, 2.24) is 4.57 Å². The summed E-state index contributed by atoms with van der Waals surface area (Å²) in [6, 6.07) is 18.8. The highest BCUT2D eigenvalue weighted by Crippen LogP contribution is 2.15. The van der Waals surface area contributed by atoms with Crippen molar-refractivity contribution in [3.05, 3.63) is 82.1 Å². The van der Waals surface area contributed by atoms with Crippen LogP contribution >= 0.6 is 0 Å². The van der Waals surface area contributed by atoms with E-state index in [0.29, 0.717) is 6.54 Å². The molecule has 23 heavy (non-hydrogen) atoms. The lowest BCUT2D eigenvalue weighted by Crippen LogP contribution is -2.28. The van der Waals surface area contributed by atoms with Crippen LogP contribution in [-0.4, -0.2) is 17.1 Å². The zero-order valence-electron chi connectivity index (χ0n) is 12.9. The predicted octanol–water partition coefficient (Wildman–Crippen LogP) is 3.23. The van der Waals surface area contributed by atoms with Crippen molar-refractivity contribution in [3.63, 3.8) is 0 Å². The number of rotatable bonds is 4. The van der Waals surface area contributed by atoms with Gasteiger partial charge in [0.2, 0.25) is 0 Å². The van der Waals surface area contributed by atoms with Crippen molar-refractivity contribution in [2.75, 3.05) is 6.61 Å². The van der Waals surface area contributed by atoms with Gasteiger partial charge in [-0.05, 0) is 30.0 Å². The van der Waals surface area contributed by atoms with E-state index >= 15 is 0 Å². The molecule has 2 aromatic carbocycles. The van der Waals surface area contributed by atoms with Crippen LogP contribution in [0.15, 0.2) is 65.5 Å². The third kappa shape index (κ3) is 3.01. The van der Waals surface area contributed by atoms with E-state index in [2.05, 4.69) is 0 Å². The topological polar surface area (TPSA) is 48.3 Å². The second-order valence-corrected chi connectivity index (χ2v) is 5.21. The van der Waals surface area contributed by atoms with E-state index < -0.39 is 5.97 Å². The first kappa shape index (κ1) is 15.0. The van der Waals surface area contributed by atoms with Crippen LogP contribution in [-0.2, 0) is 11.3 Å². The lowest BCUT2D eigenvalue weighted by atomic mass is 10.1. The Morgan fingerprint density at radius 1 is 1.04 bits per heavy atom. The molecule has 0 fully saturated rings. The highest BCUT2D eigenvalue weighted by Gasteiger charge is 2.16. The molecular formula is C19H17NO3. The van der Waals surface area contributed by atoms with Crippen LogP contribution in [0.25, 0.3) is 10.9 Å². The van der Waals surface area contributed by atoms with Crippen LogP contribution in [0.5, 0.6) is 0 Å². The quantitative estimate of drug-likeness (QED) is 0.695. The highest BCUT2D eigenvalue weighted by molar-refractivity contribution is 5.93. The third-order valence-electron chi connectivity index (χ3n) is 3.68. The summed E-state index contributed by atoms with van der Waals surface area (Å²) >= 11 is 0. The van der Waals surface area contributed by atoms with Gasteiger partial charge < -0.3 is 9.30 Å². The highest BCUT2D eigenvalue weighted by atomic mass is 16.5. The molecule has 0 atom stereocenters. The predicted molar refractivity (Wildman–Crippen MR) is 89.7 cm³/mol. The van der Waals surface area contributed by atoms with E-state index in [1.54, 1.807) is 17.6 Å². The fraction of sp³-hybridized carbons (Fsp3) is 0.158. The van der Waals surface area contributed by atoms with E-state index in [1.807, 2.05) is 54.6 Å². The zero-order valence-corrected chi connectivity index (χ0v) is 12.9. The van der Waals surface area contributed by atoms with Crippen LogP contribution < -0.4 is 5.56 Å². The van der Waals surface area contributed by atoms with Gasteiger partial charge in [-0.25, -0.2) is 4.79 Å². The fourth-order valence-electron chi connectivity index (χ4n) is 2.61. The second-order valence-electron chi connectivity index (χ2n) is 5.21. The summed E-state index contributed by atoms with van der Waals surface area (Å²) in [7, 11) is 0. The molecule has 0 saturated carbocycles. The van der Waals surface area contributed by atoms with Crippen molar-refractivity contribution < 1.29 is 9.53 Å². The van der Waals surface area contributed by atoms with E-state index in [9.17, 15) is 9.59 Å². The molecule has 0 bridgehead atoms. The summed E-state index contributed by atoms with van der Waals surface area (Å²) in [6.07, 6.45) is 0.